The van der Waals surface area contributed by atoms with Crippen molar-refractivity contribution >= 4 is 0 Å². The Hall–Kier alpha value is -1.76. The van der Waals surface area contributed by atoms with Crippen molar-refractivity contribution in [1.82, 2.24) is 0 Å². The van der Waals surface area contributed by atoms with E-state index in [1.54, 1.807) is 0 Å². The highest BCUT2D eigenvalue weighted by molar-refractivity contribution is 5.51. The SMILES string of the molecule is C1=CC2=COc3ccccc3C2C=C1. The standard InChI is InChI=1S/C13H10O/c1-2-6-11-10(5-1)9-14-13-8-4-3-7-12(11)13/h1-9,11H. The molecular weight excluding hydrogens is 172 g/mol. The number of fused-ring (bicyclic) bond motifs is 3. The van der Waals surface area contributed by atoms with Gasteiger partial charge in [-0.25, -0.2) is 0 Å². The fraction of sp³-hybridized carbons (Fsp3) is 0.0769. The molecule has 1 aromatic rings. The largest absolute Gasteiger partial charge is 0.464 e. The summed E-state index contributed by atoms with van der Waals surface area (Å²) >= 11 is 0. The highest BCUT2D eigenvalue weighted by Crippen LogP contribution is 2.38. The summed E-state index contributed by atoms with van der Waals surface area (Å²) in [7, 11) is 0. The van der Waals surface area contributed by atoms with Crippen LogP contribution in [0.25, 0.3) is 0 Å². The second kappa shape index (κ2) is 2.88. The van der Waals surface area contributed by atoms with E-state index in [1.807, 2.05) is 24.5 Å². The Morgan fingerprint density at radius 2 is 2.00 bits per heavy atom. The minimum absolute atomic E-state index is 0.380. The van der Waals surface area contributed by atoms with Crippen molar-refractivity contribution in [2.24, 2.45) is 0 Å². The molecule has 0 N–H and O–H groups in total. The van der Waals surface area contributed by atoms with Crippen LogP contribution in [0.1, 0.15) is 11.5 Å². The van der Waals surface area contributed by atoms with Gasteiger partial charge in [0.15, 0.2) is 0 Å². The molecule has 1 heteroatoms. The first-order valence-electron chi connectivity index (χ1n) is 4.76. The van der Waals surface area contributed by atoms with Crippen LogP contribution in [0, 0.1) is 0 Å². The maximum atomic E-state index is 5.55. The summed E-state index contributed by atoms with van der Waals surface area (Å²) in [4.78, 5) is 0. The van der Waals surface area contributed by atoms with Crippen molar-refractivity contribution in [1.29, 1.82) is 0 Å². The van der Waals surface area contributed by atoms with E-state index in [9.17, 15) is 0 Å². The summed E-state index contributed by atoms with van der Waals surface area (Å²) in [5.74, 6) is 1.35. The predicted octanol–water partition coefficient (Wildman–Crippen LogP) is 3.17. The fourth-order valence-corrected chi connectivity index (χ4v) is 1.93. The van der Waals surface area contributed by atoms with E-state index in [0.717, 1.165) is 5.75 Å². The van der Waals surface area contributed by atoms with Crippen LogP contribution in [0.15, 0.2) is 60.4 Å². The lowest BCUT2D eigenvalue weighted by molar-refractivity contribution is 0.454. The number of para-hydroxylation sites is 1. The van der Waals surface area contributed by atoms with Crippen molar-refractivity contribution in [3.8, 4) is 5.75 Å². The maximum Gasteiger partial charge on any atom is 0.130 e. The molecule has 0 amide bonds. The summed E-state index contributed by atoms with van der Waals surface area (Å²) in [6, 6.07) is 8.18. The van der Waals surface area contributed by atoms with Gasteiger partial charge in [-0.15, -0.1) is 0 Å². The second-order valence-corrected chi connectivity index (χ2v) is 3.50. The minimum Gasteiger partial charge on any atom is -0.464 e. The second-order valence-electron chi connectivity index (χ2n) is 3.50. The molecule has 0 radical (unpaired) electrons. The van der Waals surface area contributed by atoms with E-state index in [2.05, 4.69) is 30.4 Å². The van der Waals surface area contributed by atoms with Crippen LogP contribution in [-0.2, 0) is 0 Å². The van der Waals surface area contributed by atoms with Crippen molar-refractivity contribution in [3.63, 3.8) is 0 Å². The Bertz CT molecular complexity index is 452. The molecule has 1 unspecified atom stereocenters. The fourth-order valence-electron chi connectivity index (χ4n) is 1.93. The van der Waals surface area contributed by atoms with E-state index in [0.29, 0.717) is 5.92 Å². The lowest BCUT2D eigenvalue weighted by Gasteiger charge is -2.24. The molecule has 1 atom stereocenters. The van der Waals surface area contributed by atoms with Crippen LogP contribution in [0.3, 0.4) is 0 Å². The number of hydrogen-bond acceptors (Lipinski definition) is 1. The van der Waals surface area contributed by atoms with Crippen LogP contribution in [0.4, 0.5) is 0 Å². The zero-order valence-electron chi connectivity index (χ0n) is 7.68. The van der Waals surface area contributed by atoms with Gasteiger partial charge < -0.3 is 4.74 Å². The lowest BCUT2D eigenvalue weighted by atomic mass is 9.87. The van der Waals surface area contributed by atoms with E-state index in [1.165, 1.54) is 11.1 Å². The van der Waals surface area contributed by atoms with Gasteiger partial charge in [-0.1, -0.05) is 42.5 Å². The molecule has 0 fully saturated rings. The number of ether oxygens (including phenoxy) is 1. The zero-order valence-corrected chi connectivity index (χ0v) is 7.68. The van der Waals surface area contributed by atoms with Crippen molar-refractivity contribution < 1.29 is 4.74 Å². The number of rotatable bonds is 0. The maximum absolute atomic E-state index is 5.55. The van der Waals surface area contributed by atoms with Gasteiger partial charge in [-0.2, -0.15) is 0 Å². The van der Waals surface area contributed by atoms with Crippen LogP contribution in [0.2, 0.25) is 0 Å². The quantitative estimate of drug-likeness (QED) is 0.598. The van der Waals surface area contributed by atoms with Crippen LogP contribution in [0.5, 0.6) is 5.75 Å². The Morgan fingerprint density at radius 3 is 3.00 bits per heavy atom. The molecule has 3 rings (SSSR count). The Balaban J connectivity index is 2.15. The molecule has 0 spiro atoms. The predicted molar refractivity (Wildman–Crippen MR) is 56.2 cm³/mol. The number of benzene rings is 1. The van der Waals surface area contributed by atoms with Crippen LogP contribution < -0.4 is 4.74 Å². The van der Waals surface area contributed by atoms with Gasteiger partial charge in [0.05, 0.1) is 6.26 Å². The van der Waals surface area contributed by atoms with E-state index in [4.69, 9.17) is 4.74 Å². The van der Waals surface area contributed by atoms with Gasteiger partial charge in [-0.3, -0.25) is 0 Å². The molecule has 1 aromatic carbocycles. The van der Waals surface area contributed by atoms with Gasteiger partial charge in [-0.05, 0) is 11.6 Å². The van der Waals surface area contributed by atoms with Gasteiger partial charge in [0.25, 0.3) is 0 Å². The van der Waals surface area contributed by atoms with Crippen molar-refractivity contribution in [2.75, 3.05) is 0 Å². The Kier molecular flexibility index (Phi) is 1.57. The smallest absolute Gasteiger partial charge is 0.130 e. The highest BCUT2D eigenvalue weighted by atomic mass is 16.5. The monoisotopic (exact) mass is 182 g/mol. The normalized spacial score (nSPS) is 22.0. The first-order valence-corrected chi connectivity index (χ1v) is 4.76. The molecule has 1 heterocycles. The van der Waals surface area contributed by atoms with E-state index in [-0.39, 0.29) is 0 Å². The summed E-state index contributed by atoms with van der Waals surface area (Å²) < 4.78 is 5.55. The third kappa shape index (κ3) is 1.02. The summed E-state index contributed by atoms with van der Waals surface area (Å²) in [5, 5.41) is 0. The van der Waals surface area contributed by atoms with Crippen molar-refractivity contribution in [2.45, 2.75) is 5.92 Å². The zero-order chi connectivity index (χ0) is 9.38. The van der Waals surface area contributed by atoms with Gasteiger partial charge in [0, 0.05) is 11.5 Å². The highest BCUT2D eigenvalue weighted by Gasteiger charge is 2.21. The van der Waals surface area contributed by atoms with Crippen LogP contribution >= 0.6 is 0 Å². The van der Waals surface area contributed by atoms with Crippen molar-refractivity contribution in [3.05, 3.63) is 66.0 Å². The molecule has 0 bridgehead atoms. The van der Waals surface area contributed by atoms with Crippen LogP contribution in [-0.4, -0.2) is 0 Å². The molecular formula is C13H10O. The van der Waals surface area contributed by atoms with Gasteiger partial charge in [0.2, 0.25) is 0 Å². The van der Waals surface area contributed by atoms with E-state index >= 15 is 0 Å². The number of allylic oxidation sites excluding steroid dienone is 5. The lowest BCUT2D eigenvalue weighted by Crippen LogP contribution is -2.08. The van der Waals surface area contributed by atoms with Gasteiger partial charge >= 0.3 is 0 Å². The summed E-state index contributed by atoms with van der Waals surface area (Å²) in [6.07, 6.45) is 10.3. The van der Waals surface area contributed by atoms with Gasteiger partial charge in [0.1, 0.15) is 5.75 Å². The topological polar surface area (TPSA) is 9.23 Å². The molecule has 0 saturated heterocycles. The molecule has 0 saturated carbocycles. The average molecular weight is 182 g/mol. The third-order valence-corrected chi connectivity index (χ3v) is 2.64. The molecule has 1 aliphatic carbocycles. The summed E-state index contributed by atoms with van der Waals surface area (Å²) in [5.41, 5.74) is 2.48. The molecule has 14 heavy (non-hydrogen) atoms. The first kappa shape index (κ1) is 7.63. The summed E-state index contributed by atoms with van der Waals surface area (Å²) in [6.45, 7) is 0. The number of hydrogen-bond donors (Lipinski definition) is 0. The minimum atomic E-state index is 0.380. The Labute approximate surface area is 83.0 Å². The molecule has 0 aromatic heterocycles. The molecule has 1 aliphatic heterocycles. The molecule has 68 valence electrons. The molecule has 1 nitrogen and oxygen atoms in total. The third-order valence-electron chi connectivity index (χ3n) is 2.64. The Morgan fingerprint density at radius 1 is 1.07 bits per heavy atom. The molecule has 2 aliphatic rings. The average Bonchev–Trinajstić information content (AvgIpc) is 2.29. The van der Waals surface area contributed by atoms with E-state index < -0.39 is 0 Å². The first-order chi connectivity index (χ1) is 6.95.